The van der Waals surface area contributed by atoms with Crippen molar-refractivity contribution in [3.8, 4) is 5.75 Å². The van der Waals surface area contributed by atoms with Gasteiger partial charge in [-0.2, -0.15) is 4.39 Å². The molecule has 0 aromatic heterocycles. The van der Waals surface area contributed by atoms with Crippen molar-refractivity contribution in [3.63, 3.8) is 0 Å². The fourth-order valence-corrected chi connectivity index (χ4v) is 8.51. The van der Waals surface area contributed by atoms with Gasteiger partial charge in [0.25, 0.3) is 0 Å². The van der Waals surface area contributed by atoms with Gasteiger partial charge in [-0.3, -0.25) is 0 Å². The normalized spacial score (nSPS) is 28.8. The van der Waals surface area contributed by atoms with Gasteiger partial charge in [0.15, 0.2) is 11.6 Å². The van der Waals surface area contributed by atoms with E-state index in [1.165, 1.54) is 103 Å². The summed E-state index contributed by atoms with van der Waals surface area (Å²) in [6, 6.07) is 3.46. The Morgan fingerprint density at radius 3 is 1.98 bits per heavy atom. The first kappa shape index (κ1) is 33.5. The minimum absolute atomic E-state index is 0.0778. The number of halogens is 2. The third-order valence-electron chi connectivity index (χ3n) is 11.4. The van der Waals surface area contributed by atoms with Gasteiger partial charge in [-0.1, -0.05) is 89.9 Å². The van der Waals surface area contributed by atoms with E-state index in [9.17, 15) is 4.39 Å². The summed E-state index contributed by atoms with van der Waals surface area (Å²) in [5, 5.41) is 0. The van der Waals surface area contributed by atoms with Crippen molar-refractivity contribution in [1.29, 1.82) is 0 Å². The second kappa shape index (κ2) is 18.4. The molecule has 0 amide bonds. The maximum Gasteiger partial charge on any atom is 0.200 e. The zero-order valence-corrected chi connectivity index (χ0v) is 27.2. The Hall–Kier alpha value is -1.38. The van der Waals surface area contributed by atoms with E-state index in [4.69, 9.17) is 4.74 Å². The van der Waals surface area contributed by atoms with Crippen molar-refractivity contribution in [2.24, 2.45) is 29.6 Å². The van der Waals surface area contributed by atoms with E-state index < -0.39 is 11.6 Å². The van der Waals surface area contributed by atoms with E-state index in [-0.39, 0.29) is 11.7 Å². The number of rotatable bonds is 16. The van der Waals surface area contributed by atoms with E-state index in [0.717, 1.165) is 68.1 Å². The van der Waals surface area contributed by atoms with Crippen LogP contribution in [0.1, 0.15) is 167 Å². The molecule has 0 atom stereocenters. The first-order valence-corrected chi connectivity index (χ1v) is 18.4. The predicted octanol–water partition coefficient (Wildman–Crippen LogP) is 12.7. The van der Waals surface area contributed by atoms with E-state index in [1.54, 1.807) is 12.1 Å². The SMILES string of the molecule is CCCCCCOc1ccc(C2CCC(C3CCC(CC/C=C/C4CCC(CCCCC)CC4)CC3)CC2)c(F)c1F. The minimum atomic E-state index is -0.788. The lowest BCUT2D eigenvalue weighted by molar-refractivity contribution is 0.156. The molecule has 3 saturated carbocycles. The van der Waals surface area contributed by atoms with Gasteiger partial charge in [0, 0.05) is 0 Å². The topological polar surface area (TPSA) is 9.23 Å². The molecule has 42 heavy (non-hydrogen) atoms. The van der Waals surface area contributed by atoms with Crippen molar-refractivity contribution < 1.29 is 13.5 Å². The molecule has 0 unspecified atom stereocenters. The zero-order valence-electron chi connectivity index (χ0n) is 27.2. The highest BCUT2D eigenvalue weighted by atomic mass is 19.2. The van der Waals surface area contributed by atoms with Crippen molar-refractivity contribution >= 4 is 0 Å². The fourth-order valence-electron chi connectivity index (χ4n) is 8.51. The van der Waals surface area contributed by atoms with Gasteiger partial charge in [-0.05, 0) is 131 Å². The van der Waals surface area contributed by atoms with Crippen molar-refractivity contribution in [2.75, 3.05) is 6.61 Å². The molecule has 0 radical (unpaired) electrons. The summed E-state index contributed by atoms with van der Waals surface area (Å²) >= 11 is 0. The molecule has 3 aliphatic rings. The molecule has 0 saturated heterocycles. The van der Waals surface area contributed by atoms with Gasteiger partial charge in [-0.15, -0.1) is 0 Å². The average molecular weight is 585 g/mol. The maximum atomic E-state index is 15.0. The van der Waals surface area contributed by atoms with E-state index in [1.807, 2.05) is 0 Å². The number of hydrogen-bond acceptors (Lipinski definition) is 1. The molecule has 1 aromatic rings. The van der Waals surface area contributed by atoms with Crippen molar-refractivity contribution in [3.05, 3.63) is 41.5 Å². The van der Waals surface area contributed by atoms with Crippen LogP contribution >= 0.6 is 0 Å². The van der Waals surface area contributed by atoms with E-state index in [0.29, 0.717) is 12.2 Å². The number of unbranched alkanes of at least 4 members (excludes halogenated alkanes) is 5. The summed E-state index contributed by atoms with van der Waals surface area (Å²) in [5.41, 5.74) is 0.570. The monoisotopic (exact) mass is 584 g/mol. The highest BCUT2D eigenvalue weighted by molar-refractivity contribution is 5.33. The number of hydrogen-bond donors (Lipinski definition) is 0. The van der Waals surface area contributed by atoms with Crippen LogP contribution in [0.15, 0.2) is 24.3 Å². The van der Waals surface area contributed by atoms with E-state index >= 15 is 4.39 Å². The Labute approximate surface area is 257 Å². The van der Waals surface area contributed by atoms with Gasteiger partial charge in [-0.25, -0.2) is 4.39 Å². The van der Waals surface area contributed by atoms with Crippen LogP contribution in [0.2, 0.25) is 0 Å². The number of ether oxygens (including phenoxy) is 1. The lowest BCUT2D eigenvalue weighted by atomic mass is 9.68. The molecule has 238 valence electrons. The van der Waals surface area contributed by atoms with Crippen LogP contribution in [0.25, 0.3) is 0 Å². The average Bonchev–Trinajstić information content (AvgIpc) is 3.02. The third-order valence-corrected chi connectivity index (χ3v) is 11.4. The first-order valence-electron chi connectivity index (χ1n) is 18.4. The Kier molecular flexibility index (Phi) is 14.7. The highest BCUT2D eigenvalue weighted by Gasteiger charge is 2.32. The summed E-state index contributed by atoms with van der Waals surface area (Å²) in [4.78, 5) is 0. The molecule has 1 aromatic carbocycles. The number of benzene rings is 1. The summed E-state index contributed by atoms with van der Waals surface area (Å²) in [5.74, 6) is 3.14. The van der Waals surface area contributed by atoms with Gasteiger partial charge in [0.1, 0.15) is 0 Å². The minimum Gasteiger partial charge on any atom is -0.490 e. The first-order chi connectivity index (χ1) is 20.6. The van der Waals surface area contributed by atoms with Crippen LogP contribution in [0.5, 0.6) is 5.75 Å². The lowest BCUT2D eigenvalue weighted by Gasteiger charge is -2.38. The molecule has 0 aliphatic heterocycles. The second-order valence-electron chi connectivity index (χ2n) is 14.4. The molecule has 1 nitrogen and oxygen atoms in total. The van der Waals surface area contributed by atoms with Gasteiger partial charge in [0.05, 0.1) is 6.61 Å². The Morgan fingerprint density at radius 2 is 1.29 bits per heavy atom. The molecule has 0 heterocycles. The molecule has 0 spiro atoms. The Morgan fingerprint density at radius 1 is 0.667 bits per heavy atom. The second-order valence-corrected chi connectivity index (χ2v) is 14.4. The summed E-state index contributed by atoms with van der Waals surface area (Å²) in [7, 11) is 0. The maximum absolute atomic E-state index is 15.0. The third kappa shape index (κ3) is 10.4. The summed E-state index contributed by atoms with van der Waals surface area (Å²) in [6.45, 7) is 4.93. The molecule has 3 fully saturated rings. The van der Waals surface area contributed by atoms with Gasteiger partial charge < -0.3 is 4.74 Å². The van der Waals surface area contributed by atoms with Crippen molar-refractivity contribution in [1.82, 2.24) is 0 Å². The molecule has 0 bridgehead atoms. The van der Waals surface area contributed by atoms with Gasteiger partial charge in [0.2, 0.25) is 5.82 Å². The van der Waals surface area contributed by atoms with Crippen LogP contribution in [0, 0.1) is 41.2 Å². The predicted molar refractivity (Wildman–Crippen MR) is 174 cm³/mol. The standard InChI is InChI=1S/C39H62F2O/c1-3-5-7-11-29-42-37-28-27-36(38(40)39(37)41)35-25-23-34(24-26-35)33-21-19-32(20-22-33)14-10-9-13-31-17-15-30(16-18-31)12-8-6-4-2/h9,13,27-28,30-35H,3-8,10-12,14-26,29H2,1-2H3/b13-9+. The Bertz CT molecular complexity index is 901. The van der Waals surface area contributed by atoms with E-state index in [2.05, 4.69) is 26.0 Å². The number of allylic oxidation sites excluding steroid dienone is 2. The molecular weight excluding hydrogens is 522 g/mol. The fraction of sp³-hybridized carbons (Fsp3) is 0.795. The summed E-state index contributed by atoms with van der Waals surface area (Å²) < 4.78 is 35.3. The molecule has 0 N–H and O–H groups in total. The van der Waals surface area contributed by atoms with Crippen LogP contribution in [-0.4, -0.2) is 6.61 Å². The summed E-state index contributed by atoms with van der Waals surface area (Å²) in [6.07, 6.45) is 33.2. The highest BCUT2D eigenvalue weighted by Crippen LogP contribution is 2.45. The molecule has 3 aliphatic carbocycles. The Balaban J connectivity index is 1.10. The molecule has 3 heteroatoms. The van der Waals surface area contributed by atoms with Crippen LogP contribution < -0.4 is 4.74 Å². The molecular formula is C39H62F2O. The van der Waals surface area contributed by atoms with Crippen LogP contribution in [0.3, 0.4) is 0 Å². The zero-order chi connectivity index (χ0) is 29.6. The largest absolute Gasteiger partial charge is 0.490 e. The van der Waals surface area contributed by atoms with Crippen LogP contribution in [-0.2, 0) is 0 Å². The quantitative estimate of drug-likeness (QED) is 0.139. The lowest BCUT2D eigenvalue weighted by Crippen LogP contribution is -2.25. The smallest absolute Gasteiger partial charge is 0.200 e. The van der Waals surface area contributed by atoms with Crippen LogP contribution in [0.4, 0.5) is 8.78 Å². The molecule has 4 rings (SSSR count). The van der Waals surface area contributed by atoms with Crippen molar-refractivity contribution in [2.45, 2.75) is 161 Å². The van der Waals surface area contributed by atoms with Gasteiger partial charge >= 0.3 is 0 Å².